The molecule has 0 heterocycles. The standard InChI is InChI=1S/C14H18FN3O5/c1-14(2,3)23-13(20)17-7-6-16-12(19)9-4-5-10(15)11(8-9)18(21)22/h4-5,8H,6-7H2,1-3H3,(H,16,19)(H,17,20). The van der Waals surface area contributed by atoms with Gasteiger partial charge in [-0.25, -0.2) is 4.79 Å². The maximum Gasteiger partial charge on any atom is 0.407 e. The highest BCUT2D eigenvalue weighted by atomic mass is 19.1. The zero-order chi connectivity index (χ0) is 17.6. The molecule has 23 heavy (non-hydrogen) atoms. The quantitative estimate of drug-likeness (QED) is 0.488. The molecule has 0 bridgehead atoms. The van der Waals surface area contributed by atoms with Gasteiger partial charge in [0.05, 0.1) is 4.92 Å². The Morgan fingerprint density at radius 2 is 1.87 bits per heavy atom. The van der Waals surface area contributed by atoms with Gasteiger partial charge in [-0.15, -0.1) is 0 Å². The van der Waals surface area contributed by atoms with Gasteiger partial charge in [-0.3, -0.25) is 14.9 Å². The monoisotopic (exact) mass is 327 g/mol. The van der Waals surface area contributed by atoms with Gasteiger partial charge in [0.1, 0.15) is 5.60 Å². The van der Waals surface area contributed by atoms with E-state index in [1.165, 1.54) is 0 Å². The van der Waals surface area contributed by atoms with Crippen LogP contribution in [0.1, 0.15) is 31.1 Å². The Morgan fingerprint density at radius 1 is 1.26 bits per heavy atom. The molecule has 0 radical (unpaired) electrons. The van der Waals surface area contributed by atoms with Crippen molar-refractivity contribution < 1.29 is 23.6 Å². The SMILES string of the molecule is CC(C)(C)OC(=O)NCCNC(=O)c1ccc(F)c([N+](=O)[O-])c1. The molecule has 0 aliphatic heterocycles. The molecule has 0 unspecified atom stereocenters. The van der Waals surface area contributed by atoms with E-state index in [4.69, 9.17) is 4.74 Å². The Balaban J connectivity index is 2.47. The molecule has 0 aliphatic carbocycles. The van der Waals surface area contributed by atoms with Gasteiger partial charge >= 0.3 is 11.8 Å². The normalized spacial score (nSPS) is 10.8. The molecule has 0 aliphatic rings. The second-order valence-electron chi connectivity index (χ2n) is 5.61. The molecule has 0 saturated carbocycles. The van der Waals surface area contributed by atoms with Gasteiger partial charge in [-0.1, -0.05) is 0 Å². The minimum absolute atomic E-state index is 0.0460. The third kappa shape index (κ3) is 6.29. The van der Waals surface area contributed by atoms with Crippen LogP contribution < -0.4 is 10.6 Å². The van der Waals surface area contributed by atoms with Gasteiger partial charge < -0.3 is 15.4 Å². The molecule has 0 saturated heterocycles. The van der Waals surface area contributed by atoms with Crippen LogP contribution in [0.5, 0.6) is 0 Å². The van der Waals surface area contributed by atoms with E-state index in [0.29, 0.717) is 0 Å². The number of hydrogen-bond acceptors (Lipinski definition) is 5. The number of halogens is 1. The van der Waals surface area contributed by atoms with Crippen LogP contribution in [0.4, 0.5) is 14.9 Å². The lowest BCUT2D eigenvalue weighted by atomic mass is 10.2. The predicted octanol–water partition coefficient (Wildman–Crippen LogP) is 1.99. The number of nitrogens with zero attached hydrogens (tertiary/aromatic N) is 1. The molecule has 126 valence electrons. The van der Waals surface area contributed by atoms with E-state index in [2.05, 4.69) is 10.6 Å². The van der Waals surface area contributed by atoms with E-state index < -0.39 is 34.0 Å². The Morgan fingerprint density at radius 3 is 2.43 bits per heavy atom. The van der Waals surface area contributed by atoms with Gasteiger partial charge in [0, 0.05) is 24.7 Å². The molecule has 9 heteroatoms. The lowest BCUT2D eigenvalue weighted by Crippen LogP contribution is -2.37. The van der Waals surface area contributed by atoms with Crippen LogP contribution >= 0.6 is 0 Å². The van der Waals surface area contributed by atoms with Crippen molar-refractivity contribution >= 4 is 17.7 Å². The number of rotatable bonds is 5. The zero-order valence-corrected chi connectivity index (χ0v) is 13.0. The average Bonchev–Trinajstić information content (AvgIpc) is 2.41. The van der Waals surface area contributed by atoms with Crippen molar-refractivity contribution in [3.63, 3.8) is 0 Å². The Bertz CT molecular complexity index is 613. The summed E-state index contributed by atoms with van der Waals surface area (Å²) in [6.07, 6.45) is -0.621. The van der Waals surface area contributed by atoms with Crippen LogP contribution in [-0.4, -0.2) is 35.6 Å². The number of amides is 2. The summed E-state index contributed by atoms with van der Waals surface area (Å²) < 4.78 is 18.2. The summed E-state index contributed by atoms with van der Waals surface area (Å²) in [6, 6.07) is 2.84. The van der Waals surface area contributed by atoms with Crippen LogP contribution in [0, 0.1) is 15.9 Å². The second-order valence-corrected chi connectivity index (χ2v) is 5.61. The number of nitrogens with one attached hydrogen (secondary N) is 2. The average molecular weight is 327 g/mol. The van der Waals surface area contributed by atoms with Crippen molar-refractivity contribution in [2.75, 3.05) is 13.1 Å². The van der Waals surface area contributed by atoms with Crippen molar-refractivity contribution in [2.45, 2.75) is 26.4 Å². The molecule has 2 amide bonds. The van der Waals surface area contributed by atoms with E-state index in [9.17, 15) is 24.1 Å². The van der Waals surface area contributed by atoms with Gasteiger partial charge in [-0.2, -0.15) is 4.39 Å². The number of ether oxygens (including phenoxy) is 1. The summed E-state index contributed by atoms with van der Waals surface area (Å²) in [6.45, 7) is 5.36. The van der Waals surface area contributed by atoms with Crippen LogP contribution in [0.3, 0.4) is 0 Å². The van der Waals surface area contributed by atoms with Crippen molar-refractivity contribution in [3.8, 4) is 0 Å². The Labute approximate surface area is 132 Å². The summed E-state index contributed by atoms with van der Waals surface area (Å²) in [7, 11) is 0. The molecule has 1 rings (SSSR count). The third-order valence-electron chi connectivity index (χ3n) is 2.48. The fourth-order valence-electron chi connectivity index (χ4n) is 1.55. The van der Waals surface area contributed by atoms with Gasteiger partial charge in [0.25, 0.3) is 5.91 Å². The summed E-state index contributed by atoms with van der Waals surface area (Å²) in [5, 5.41) is 15.5. The molecule has 2 N–H and O–H groups in total. The summed E-state index contributed by atoms with van der Waals surface area (Å²) in [5.74, 6) is -1.63. The van der Waals surface area contributed by atoms with E-state index in [1.54, 1.807) is 20.8 Å². The van der Waals surface area contributed by atoms with Crippen LogP contribution in [-0.2, 0) is 4.74 Å². The highest BCUT2D eigenvalue weighted by Gasteiger charge is 2.18. The maximum absolute atomic E-state index is 13.2. The molecule has 0 fully saturated rings. The first-order valence-electron chi connectivity index (χ1n) is 6.79. The number of carbonyl (C=O) groups is 2. The van der Waals surface area contributed by atoms with Crippen molar-refractivity contribution in [2.24, 2.45) is 0 Å². The van der Waals surface area contributed by atoms with E-state index >= 15 is 0 Å². The fourth-order valence-corrected chi connectivity index (χ4v) is 1.55. The predicted molar refractivity (Wildman–Crippen MR) is 79.6 cm³/mol. The summed E-state index contributed by atoms with van der Waals surface area (Å²) in [5.41, 5.74) is -1.44. The molecule has 8 nitrogen and oxygen atoms in total. The number of nitro benzene ring substituents is 1. The molecule has 0 spiro atoms. The van der Waals surface area contributed by atoms with E-state index in [1.807, 2.05) is 0 Å². The first kappa shape index (κ1) is 18.3. The summed E-state index contributed by atoms with van der Waals surface area (Å²) in [4.78, 5) is 32.9. The number of nitro groups is 1. The van der Waals surface area contributed by atoms with Crippen LogP contribution in [0.2, 0.25) is 0 Å². The first-order chi connectivity index (χ1) is 10.6. The van der Waals surface area contributed by atoms with Gasteiger partial charge in [-0.05, 0) is 32.9 Å². The molecule has 1 aromatic carbocycles. The van der Waals surface area contributed by atoms with Crippen molar-refractivity contribution in [3.05, 3.63) is 39.7 Å². The Kier molecular flexibility index (Phi) is 6.00. The fraction of sp³-hybridized carbons (Fsp3) is 0.429. The zero-order valence-electron chi connectivity index (χ0n) is 13.0. The number of carbonyl (C=O) groups excluding carboxylic acids is 2. The topological polar surface area (TPSA) is 111 Å². The first-order valence-corrected chi connectivity index (χ1v) is 6.79. The van der Waals surface area contributed by atoms with E-state index in [0.717, 1.165) is 18.2 Å². The highest BCUT2D eigenvalue weighted by Crippen LogP contribution is 2.18. The maximum atomic E-state index is 13.2. The molecule has 1 aromatic rings. The van der Waals surface area contributed by atoms with Crippen molar-refractivity contribution in [1.29, 1.82) is 0 Å². The molecule has 0 aromatic heterocycles. The van der Waals surface area contributed by atoms with Gasteiger partial charge in [0.15, 0.2) is 0 Å². The van der Waals surface area contributed by atoms with Crippen LogP contribution in [0.15, 0.2) is 18.2 Å². The Hall–Kier alpha value is -2.71. The largest absolute Gasteiger partial charge is 0.444 e. The highest BCUT2D eigenvalue weighted by molar-refractivity contribution is 5.94. The summed E-state index contributed by atoms with van der Waals surface area (Å²) >= 11 is 0. The van der Waals surface area contributed by atoms with Gasteiger partial charge in [0.2, 0.25) is 5.82 Å². The second kappa shape index (κ2) is 7.52. The minimum Gasteiger partial charge on any atom is -0.444 e. The molecule has 0 atom stereocenters. The smallest absolute Gasteiger partial charge is 0.407 e. The number of hydrogen-bond donors (Lipinski definition) is 2. The molecular weight excluding hydrogens is 309 g/mol. The number of alkyl carbamates (subject to hydrolysis) is 1. The lowest BCUT2D eigenvalue weighted by Gasteiger charge is -2.19. The van der Waals surface area contributed by atoms with E-state index in [-0.39, 0.29) is 18.7 Å². The third-order valence-corrected chi connectivity index (χ3v) is 2.48. The molecular formula is C14H18FN3O5. The van der Waals surface area contributed by atoms with Crippen molar-refractivity contribution in [1.82, 2.24) is 10.6 Å². The number of benzene rings is 1. The van der Waals surface area contributed by atoms with Crippen LogP contribution in [0.25, 0.3) is 0 Å². The minimum atomic E-state index is -1.02. The lowest BCUT2D eigenvalue weighted by molar-refractivity contribution is -0.387.